The van der Waals surface area contributed by atoms with Crippen LogP contribution in [0.15, 0.2) is 0 Å². The maximum atomic E-state index is 3.97. The molecule has 1 heterocycles. The first-order valence-corrected chi connectivity index (χ1v) is 3.83. The summed E-state index contributed by atoms with van der Waals surface area (Å²) in [5, 5.41) is 3.35. The van der Waals surface area contributed by atoms with Gasteiger partial charge in [0.05, 0.1) is 0 Å². The van der Waals surface area contributed by atoms with Gasteiger partial charge in [-0.1, -0.05) is 13.8 Å². The summed E-state index contributed by atoms with van der Waals surface area (Å²) < 4.78 is 0. The second kappa shape index (κ2) is 3.21. The first kappa shape index (κ1) is 7.07. The lowest BCUT2D eigenvalue weighted by molar-refractivity contribution is 0.464. The van der Waals surface area contributed by atoms with Crippen molar-refractivity contribution in [1.82, 2.24) is 5.32 Å². The molecule has 9 heavy (non-hydrogen) atoms. The van der Waals surface area contributed by atoms with Gasteiger partial charge in [-0.3, -0.25) is 0 Å². The molecule has 1 heteroatoms. The van der Waals surface area contributed by atoms with E-state index in [1.165, 1.54) is 25.9 Å². The third kappa shape index (κ3) is 2.35. The summed E-state index contributed by atoms with van der Waals surface area (Å²) in [6.45, 7) is 8.61. The van der Waals surface area contributed by atoms with Crippen LogP contribution in [0.3, 0.4) is 0 Å². The van der Waals surface area contributed by atoms with Crippen LogP contribution in [0, 0.1) is 18.8 Å². The van der Waals surface area contributed by atoms with E-state index in [9.17, 15) is 0 Å². The molecule has 1 fully saturated rings. The predicted octanol–water partition coefficient (Wildman–Crippen LogP) is 1.46. The second-order valence-electron chi connectivity index (χ2n) is 3.20. The van der Waals surface area contributed by atoms with Crippen LogP contribution in [0.2, 0.25) is 0 Å². The van der Waals surface area contributed by atoms with E-state index in [-0.39, 0.29) is 0 Å². The van der Waals surface area contributed by atoms with Gasteiger partial charge in [0.2, 0.25) is 0 Å². The minimum absolute atomic E-state index is 0.634. The van der Waals surface area contributed by atoms with Crippen LogP contribution >= 0.6 is 0 Å². The molecule has 1 saturated heterocycles. The molecule has 0 aromatic carbocycles. The fraction of sp³-hybridized carbons (Fsp3) is 0.875. The molecule has 0 aromatic heterocycles. The maximum Gasteiger partial charge on any atom is -0.00199 e. The highest BCUT2D eigenvalue weighted by Gasteiger charge is 2.14. The molecule has 1 rings (SSSR count). The number of hydrogen-bond acceptors (Lipinski definition) is 1. The minimum atomic E-state index is 0.634. The van der Waals surface area contributed by atoms with Gasteiger partial charge in [-0.15, -0.1) is 0 Å². The predicted molar refractivity (Wildman–Crippen MR) is 40.1 cm³/mol. The molecule has 0 aromatic rings. The van der Waals surface area contributed by atoms with Gasteiger partial charge < -0.3 is 5.32 Å². The quantitative estimate of drug-likeness (QED) is 0.590. The van der Waals surface area contributed by atoms with E-state index in [0.29, 0.717) is 5.92 Å². The number of hydrogen-bond donors (Lipinski definition) is 1. The van der Waals surface area contributed by atoms with E-state index < -0.39 is 0 Å². The van der Waals surface area contributed by atoms with Crippen molar-refractivity contribution in [3.63, 3.8) is 0 Å². The minimum Gasteiger partial charge on any atom is -0.316 e. The standard InChI is InChI=1S/C8H16N/c1-7(2)5-8-3-4-9-6-8/h7-9H,1,3-6H2,2H3. The number of rotatable bonds is 2. The van der Waals surface area contributed by atoms with Gasteiger partial charge >= 0.3 is 0 Å². The zero-order valence-corrected chi connectivity index (χ0v) is 6.19. The van der Waals surface area contributed by atoms with Crippen molar-refractivity contribution in [2.45, 2.75) is 19.8 Å². The Morgan fingerprint density at radius 3 is 3.00 bits per heavy atom. The highest BCUT2D eigenvalue weighted by Crippen LogP contribution is 2.16. The van der Waals surface area contributed by atoms with Crippen molar-refractivity contribution in [1.29, 1.82) is 0 Å². The third-order valence-electron chi connectivity index (χ3n) is 1.90. The molecule has 1 radical (unpaired) electrons. The van der Waals surface area contributed by atoms with E-state index in [0.717, 1.165) is 5.92 Å². The molecular weight excluding hydrogens is 110 g/mol. The summed E-state index contributed by atoms with van der Waals surface area (Å²) in [5.74, 6) is 1.55. The lowest BCUT2D eigenvalue weighted by atomic mass is 9.97. The molecule has 0 bridgehead atoms. The van der Waals surface area contributed by atoms with Gasteiger partial charge in [-0.25, -0.2) is 0 Å². The number of nitrogens with one attached hydrogen (secondary N) is 1. The average Bonchev–Trinajstić information content (AvgIpc) is 2.15. The molecule has 0 aliphatic carbocycles. The van der Waals surface area contributed by atoms with E-state index in [4.69, 9.17) is 0 Å². The molecule has 1 aliphatic heterocycles. The summed E-state index contributed by atoms with van der Waals surface area (Å²) in [6, 6.07) is 0. The van der Waals surface area contributed by atoms with Crippen molar-refractivity contribution in [2.75, 3.05) is 13.1 Å². The van der Waals surface area contributed by atoms with Gasteiger partial charge in [0, 0.05) is 0 Å². The Kier molecular flexibility index (Phi) is 2.52. The van der Waals surface area contributed by atoms with Gasteiger partial charge in [-0.05, 0) is 37.8 Å². The van der Waals surface area contributed by atoms with Crippen LogP contribution in [0.5, 0.6) is 0 Å². The molecule has 2 atom stereocenters. The normalized spacial score (nSPS) is 27.7. The second-order valence-corrected chi connectivity index (χ2v) is 3.20. The summed E-state index contributed by atoms with van der Waals surface area (Å²) in [5.41, 5.74) is 0. The SMILES string of the molecule is [CH2]C(C)CC1CCNC1. The van der Waals surface area contributed by atoms with Crippen molar-refractivity contribution in [2.24, 2.45) is 11.8 Å². The Labute approximate surface area is 57.8 Å². The molecule has 0 amide bonds. The van der Waals surface area contributed by atoms with Crippen LogP contribution < -0.4 is 5.32 Å². The fourth-order valence-electron chi connectivity index (χ4n) is 1.48. The van der Waals surface area contributed by atoms with Crippen molar-refractivity contribution >= 4 is 0 Å². The fourth-order valence-corrected chi connectivity index (χ4v) is 1.48. The van der Waals surface area contributed by atoms with Gasteiger partial charge in [-0.2, -0.15) is 0 Å². The van der Waals surface area contributed by atoms with Gasteiger partial charge in [0.15, 0.2) is 0 Å². The van der Waals surface area contributed by atoms with Crippen molar-refractivity contribution in [3.05, 3.63) is 6.92 Å². The summed E-state index contributed by atoms with van der Waals surface area (Å²) in [4.78, 5) is 0. The lowest BCUT2D eigenvalue weighted by Gasteiger charge is -2.09. The maximum absolute atomic E-state index is 3.97. The highest BCUT2D eigenvalue weighted by atomic mass is 14.9. The zero-order valence-electron chi connectivity index (χ0n) is 6.19. The van der Waals surface area contributed by atoms with Gasteiger partial charge in [0.1, 0.15) is 0 Å². The van der Waals surface area contributed by atoms with E-state index in [2.05, 4.69) is 19.2 Å². The van der Waals surface area contributed by atoms with Crippen LogP contribution in [0.25, 0.3) is 0 Å². The largest absolute Gasteiger partial charge is 0.316 e. The monoisotopic (exact) mass is 126 g/mol. The molecule has 0 spiro atoms. The first-order valence-electron chi connectivity index (χ1n) is 3.83. The molecule has 0 saturated carbocycles. The van der Waals surface area contributed by atoms with Crippen LogP contribution in [0.4, 0.5) is 0 Å². The average molecular weight is 126 g/mol. The summed E-state index contributed by atoms with van der Waals surface area (Å²) in [6.07, 6.45) is 2.66. The summed E-state index contributed by atoms with van der Waals surface area (Å²) in [7, 11) is 0. The molecule has 53 valence electrons. The van der Waals surface area contributed by atoms with Crippen molar-refractivity contribution in [3.8, 4) is 0 Å². The third-order valence-corrected chi connectivity index (χ3v) is 1.90. The van der Waals surface area contributed by atoms with Crippen LogP contribution in [-0.4, -0.2) is 13.1 Å². The van der Waals surface area contributed by atoms with Crippen LogP contribution in [-0.2, 0) is 0 Å². The zero-order chi connectivity index (χ0) is 6.69. The Morgan fingerprint density at radius 2 is 2.56 bits per heavy atom. The smallest absolute Gasteiger partial charge is 0.00199 e. The van der Waals surface area contributed by atoms with Crippen LogP contribution in [0.1, 0.15) is 19.8 Å². The van der Waals surface area contributed by atoms with Crippen molar-refractivity contribution < 1.29 is 0 Å². The van der Waals surface area contributed by atoms with E-state index in [1.807, 2.05) is 0 Å². The van der Waals surface area contributed by atoms with E-state index in [1.54, 1.807) is 0 Å². The Bertz CT molecular complexity index is 72.6. The highest BCUT2D eigenvalue weighted by molar-refractivity contribution is 4.73. The molecule has 1 N–H and O–H groups in total. The lowest BCUT2D eigenvalue weighted by Crippen LogP contribution is -2.10. The molecule has 2 unspecified atom stereocenters. The van der Waals surface area contributed by atoms with Gasteiger partial charge in [0.25, 0.3) is 0 Å². The Balaban J connectivity index is 2.11. The molecule has 1 nitrogen and oxygen atoms in total. The Hall–Kier alpha value is -0.0400. The molecule has 1 aliphatic rings. The Morgan fingerprint density at radius 1 is 1.78 bits per heavy atom. The van der Waals surface area contributed by atoms with E-state index >= 15 is 0 Å². The topological polar surface area (TPSA) is 12.0 Å². The first-order chi connectivity index (χ1) is 4.29. The summed E-state index contributed by atoms with van der Waals surface area (Å²) >= 11 is 0. The molecular formula is C8H16N.